The summed E-state index contributed by atoms with van der Waals surface area (Å²) in [5.41, 5.74) is 11.9. The molecule has 1 heterocycles. The lowest BCUT2D eigenvalue weighted by atomic mass is 10.1. The van der Waals surface area contributed by atoms with Gasteiger partial charge in [0.25, 0.3) is 0 Å². The molecule has 1 aromatic carbocycles. The Hall–Kier alpha value is -2.85. The number of rotatable bonds is 8. The Morgan fingerprint density at radius 1 is 1.18 bits per heavy atom. The molecule has 1 atom stereocenters. The van der Waals surface area contributed by atoms with Gasteiger partial charge in [0.05, 0.1) is 0 Å². The van der Waals surface area contributed by atoms with Gasteiger partial charge in [-0.05, 0) is 37.1 Å². The third-order valence-electron chi connectivity index (χ3n) is 4.29. The summed E-state index contributed by atoms with van der Waals surface area (Å²) in [5, 5.41) is 8.32. The van der Waals surface area contributed by atoms with E-state index in [4.69, 9.17) is 16.2 Å². The number of carbonyl (C=O) groups excluding carboxylic acids is 3. The Morgan fingerprint density at radius 2 is 1.86 bits per heavy atom. The number of nitrogens with zero attached hydrogens (tertiary/aromatic N) is 1. The lowest BCUT2D eigenvalue weighted by Gasteiger charge is -2.26. The van der Waals surface area contributed by atoms with E-state index in [0.29, 0.717) is 38.2 Å². The minimum absolute atomic E-state index is 0.152. The van der Waals surface area contributed by atoms with Crippen molar-refractivity contribution in [1.29, 1.82) is 0 Å². The number of urea groups is 1. The first-order valence-electron chi connectivity index (χ1n) is 9.28. The Kier molecular flexibility index (Phi) is 8.50. The lowest BCUT2D eigenvalue weighted by Crippen LogP contribution is -2.46. The van der Waals surface area contributed by atoms with E-state index in [1.165, 1.54) is 0 Å². The Labute approximate surface area is 163 Å². The van der Waals surface area contributed by atoms with Gasteiger partial charge in [-0.1, -0.05) is 12.1 Å². The molecule has 2 rings (SSSR count). The Morgan fingerprint density at radius 3 is 2.46 bits per heavy atom. The average molecular weight is 392 g/mol. The van der Waals surface area contributed by atoms with Crippen molar-refractivity contribution in [2.45, 2.75) is 25.5 Å². The third-order valence-corrected chi connectivity index (χ3v) is 4.29. The molecule has 10 heteroatoms. The second-order valence-electron chi connectivity index (χ2n) is 6.47. The van der Waals surface area contributed by atoms with Gasteiger partial charge < -0.3 is 37.1 Å². The molecule has 1 aromatic rings. The fourth-order valence-corrected chi connectivity index (χ4v) is 2.76. The van der Waals surface area contributed by atoms with E-state index in [-0.39, 0.29) is 18.6 Å². The van der Waals surface area contributed by atoms with Crippen LogP contribution < -0.4 is 27.4 Å². The third kappa shape index (κ3) is 7.05. The minimum atomic E-state index is -0.765. The molecule has 0 aromatic heterocycles. The zero-order valence-corrected chi connectivity index (χ0v) is 15.8. The van der Waals surface area contributed by atoms with Crippen LogP contribution in [0.3, 0.4) is 0 Å². The van der Waals surface area contributed by atoms with Gasteiger partial charge in [0, 0.05) is 31.9 Å². The summed E-state index contributed by atoms with van der Waals surface area (Å²) in [5.74, 6) is -0.370. The highest BCUT2D eigenvalue weighted by molar-refractivity contribution is 5.96. The van der Waals surface area contributed by atoms with Crippen molar-refractivity contribution in [2.24, 2.45) is 11.5 Å². The van der Waals surface area contributed by atoms with Gasteiger partial charge in [0.1, 0.15) is 12.6 Å². The van der Waals surface area contributed by atoms with Gasteiger partial charge in [0.2, 0.25) is 5.91 Å². The summed E-state index contributed by atoms with van der Waals surface area (Å²) in [6, 6.07) is 5.42. The first kappa shape index (κ1) is 21.5. The van der Waals surface area contributed by atoms with Gasteiger partial charge in [-0.2, -0.15) is 0 Å². The van der Waals surface area contributed by atoms with Crippen molar-refractivity contribution >= 4 is 23.7 Å². The molecule has 0 unspecified atom stereocenters. The molecule has 1 aliphatic rings. The van der Waals surface area contributed by atoms with E-state index in [1.54, 1.807) is 29.2 Å². The summed E-state index contributed by atoms with van der Waals surface area (Å²) in [6.07, 6.45) is 0.639. The molecule has 1 saturated heterocycles. The van der Waals surface area contributed by atoms with Crippen LogP contribution in [0.5, 0.6) is 0 Å². The molecule has 7 N–H and O–H groups in total. The number of hydrogen-bond acceptors (Lipinski definition) is 6. The van der Waals surface area contributed by atoms with Crippen LogP contribution in [-0.4, -0.2) is 61.7 Å². The molecule has 154 valence electrons. The van der Waals surface area contributed by atoms with Crippen molar-refractivity contribution in [3.63, 3.8) is 0 Å². The standard InChI is InChI=1S/C18H28N6O4/c19-7-1-2-15(23-17(20)26)16(25)22-14-5-3-13(4-6-14)12-28-18(27)24-10-8-21-9-11-24/h3-6,15,21H,1-2,7-12,19H2,(H,22,25)(H3,20,23,26)/t15-/m0/s1. The highest BCUT2D eigenvalue weighted by Gasteiger charge is 2.20. The molecule has 10 nitrogen and oxygen atoms in total. The van der Waals surface area contributed by atoms with Crippen molar-refractivity contribution in [2.75, 3.05) is 38.0 Å². The number of amides is 4. The van der Waals surface area contributed by atoms with Crippen LogP contribution >= 0.6 is 0 Å². The van der Waals surface area contributed by atoms with Crippen LogP contribution in [0.4, 0.5) is 15.3 Å². The maximum atomic E-state index is 12.3. The second kappa shape index (κ2) is 11.1. The SMILES string of the molecule is NCCC[C@H](NC(N)=O)C(=O)Nc1ccc(COC(=O)N2CCNCC2)cc1. The number of benzene rings is 1. The first-order valence-corrected chi connectivity index (χ1v) is 9.28. The minimum Gasteiger partial charge on any atom is -0.445 e. The summed E-state index contributed by atoms with van der Waals surface area (Å²) in [7, 11) is 0. The normalized spacial score (nSPS) is 14.8. The van der Waals surface area contributed by atoms with E-state index < -0.39 is 12.1 Å². The van der Waals surface area contributed by atoms with Crippen LogP contribution in [0.2, 0.25) is 0 Å². The first-order chi connectivity index (χ1) is 13.5. The maximum Gasteiger partial charge on any atom is 0.410 e. The molecule has 1 fully saturated rings. The van der Waals surface area contributed by atoms with Crippen molar-refractivity contribution < 1.29 is 19.1 Å². The quantitative estimate of drug-likeness (QED) is 0.418. The van der Waals surface area contributed by atoms with E-state index in [0.717, 1.165) is 18.7 Å². The number of piperazine rings is 1. The lowest BCUT2D eigenvalue weighted by molar-refractivity contribution is -0.118. The molecule has 0 radical (unpaired) electrons. The molecular weight excluding hydrogens is 364 g/mol. The van der Waals surface area contributed by atoms with Gasteiger partial charge in [-0.3, -0.25) is 4.79 Å². The molecule has 28 heavy (non-hydrogen) atoms. The predicted octanol–water partition coefficient (Wildman–Crippen LogP) is -0.0573. The highest BCUT2D eigenvalue weighted by atomic mass is 16.6. The van der Waals surface area contributed by atoms with E-state index >= 15 is 0 Å². The molecule has 0 aliphatic carbocycles. The van der Waals surface area contributed by atoms with Crippen LogP contribution in [0.1, 0.15) is 18.4 Å². The molecule has 0 saturated carbocycles. The monoisotopic (exact) mass is 392 g/mol. The number of hydrogen-bond donors (Lipinski definition) is 5. The summed E-state index contributed by atoms with van der Waals surface area (Å²) >= 11 is 0. The fourth-order valence-electron chi connectivity index (χ4n) is 2.76. The van der Waals surface area contributed by atoms with Crippen molar-refractivity contribution in [3.05, 3.63) is 29.8 Å². The van der Waals surface area contributed by atoms with Gasteiger partial charge >= 0.3 is 12.1 Å². The average Bonchev–Trinajstić information content (AvgIpc) is 2.70. The number of anilines is 1. The maximum absolute atomic E-state index is 12.3. The summed E-state index contributed by atoms with van der Waals surface area (Å²) in [4.78, 5) is 37.1. The van der Waals surface area contributed by atoms with Crippen LogP contribution in [0.25, 0.3) is 0 Å². The molecule has 4 amide bonds. The van der Waals surface area contributed by atoms with Crippen molar-refractivity contribution in [3.8, 4) is 0 Å². The molecular formula is C18H28N6O4. The number of primary amides is 1. The molecule has 0 bridgehead atoms. The summed E-state index contributed by atoms with van der Waals surface area (Å²) < 4.78 is 5.31. The Bertz CT molecular complexity index is 661. The van der Waals surface area contributed by atoms with Crippen LogP contribution in [-0.2, 0) is 16.1 Å². The second-order valence-corrected chi connectivity index (χ2v) is 6.47. The Balaban J connectivity index is 1.84. The molecule has 0 spiro atoms. The topological polar surface area (TPSA) is 152 Å². The van der Waals surface area contributed by atoms with Crippen LogP contribution in [0, 0.1) is 0 Å². The van der Waals surface area contributed by atoms with Gasteiger partial charge in [-0.25, -0.2) is 9.59 Å². The van der Waals surface area contributed by atoms with Gasteiger partial charge in [-0.15, -0.1) is 0 Å². The zero-order valence-electron chi connectivity index (χ0n) is 15.8. The van der Waals surface area contributed by atoms with Crippen molar-refractivity contribution in [1.82, 2.24) is 15.5 Å². The van der Waals surface area contributed by atoms with Crippen LogP contribution in [0.15, 0.2) is 24.3 Å². The smallest absolute Gasteiger partial charge is 0.410 e. The number of nitrogens with one attached hydrogen (secondary N) is 3. The fraction of sp³-hybridized carbons (Fsp3) is 0.500. The number of nitrogens with two attached hydrogens (primary N) is 2. The molecule has 1 aliphatic heterocycles. The van der Waals surface area contributed by atoms with E-state index in [9.17, 15) is 14.4 Å². The predicted molar refractivity (Wildman–Crippen MR) is 104 cm³/mol. The zero-order chi connectivity index (χ0) is 20.4. The largest absolute Gasteiger partial charge is 0.445 e. The number of carbonyl (C=O) groups is 3. The highest BCUT2D eigenvalue weighted by Crippen LogP contribution is 2.12. The summed E-state index contributed by atoms with van der Waals surface area (Å²) in [6.45, 7) is 3.36. The van der Waals surface area contributed by atoms with E-state index in [2.05, 4.69) is 16.0 Å². The van der Waals surface area contributed by atoms with Gasteiger partial charge in [0.15, 0.2) is 0 Å². The number of ether oxygens (including phenoxy) is 1. The van der Waals surface area contributed by atoms with E-state index in [1.807, 2.05) is 0 Å².